The number of anilines is 1. The first-order valence-electron chi connectivity index (χ1n) is 6.31. The molecular weight excluding hydrogens is 212 g/mol. The van der Waals surface area contributed by atoms with E-state index in [1.807, 2.05) is 19.3 Å². The van der Waals surface area contributed by atoms with Crippen molar-refractivity contribution in [2.75, 3.05) is 32.1 Å². The largest absolute Gasteiger partial charge is 0.360 e. The number of nitrogens with zero attached hydrogens (tertiary/aromatic N) is 3. The van der Waals surface area contributed by atoms with Gasteiger partial charge < -0.3 is 10.2 Å². The normalized spacial score (nSPS) is 10.9. The molecule has 4 nitrogen and oxygen atoms in total. The molecule has 1 rings (SSSR count). The van der Waals surface area contributed by atoms with Crippen molar-refractivity contribution in [1.82, 2.24) is 15.3 Å². The average molecular weight is 236 g/mol. The van der Waals surface area contributed by atoms with Crippen molar-refractivity contribution in [3.63, 3.8) is 0 Å². The molecule has 0 aromatic carbocycles. The quantitative estimate of drug-likeness (QED) is 0.782. The lowest BCUT2D eigenvalue weighted by molar-refractivity contribution is 0.583. The molecule has 0 atom stereocenters. The van der Waals surface area contributed by atoms with Crippen LogP contribution >= 0.6 is 0 Å². The minimum absolute atomic E-state index is 0.725. The third kappa shape index (κ3) is 5.13. The van der Waals surface area contributed by atoms with Crippen LogP contribution in [0.5, 0.6) is 0 Å². The van der Waals surface area contributed by atoms with E-state index in [0.29, 0.717) is 0 Å². The highest BCUT2D eigenvalue weighted by atomic mass is 15.2. The molecular formula is C13H24N4. The molecule has 0 aliphatic rings. The predicted octanol–water partition coefficient (Wildman–Crippen LogP) is 1.72. The van der Waals surface area contributed by atoms with E-state index in [9.17, 15) is 0 Å². The fourth-order valence-electron chi connectivity index (χ4n) is 1.52. The Balaban J connectivity index is 2.57. The maximum absolute atomic E-state index is 4.56. The van der Waals surface area contributed by atoms with Gasteiger partial charge in [0.25, 0.3) is 0 Å². The summed E-state index contributed by atoms with van der Waals surface area (Å²) in [6, 6.07) is 1.98. The van der Waals surface area contributed by atoms with Gasteiger partial charge in [-0.2, -0.15) is 0 Å². The molecule has 1 heterocycles. The van der Waals surface area contributed by atoms with E-state index < -0.39 is 0 Å². The van der Waals surface area contributed by atoms with Crippen molar-refractivity contribution in [2.45, 2.75) is 26.7 Å². The number of aromatic nitrogens is 2. The smallest absolute Gasteiger partial charge is 0.131 e. The summed E-state index contributed by atoms with van der Waals surface area (Å²) in [6.07, 6.45) is 3.91. The minimum Gasteiger partial charge on any atom is -0.360 e. The van der Waals surface area contributed by atoms with Crippen molar-refractivity contribution in [3.8, 4) is 0 Å². The maximum atomic E-state index is 4.56. The molecule has 0 saturated carbocycles. The minimum atomic E-state index is 0.725. The molecule has 0 spiro atoms. The highest BCUT2D eigenvalue weighted by Gasteiger charge is 2.05. The zero-order valence-electron chi connectivity index (χ0n) is 11.4. The third-order valence-corrected chi connectivity index (χ3v) is 2.72. The predicted molar refractivity (Wildman–Crippen MR) is 72.4 cm³/mol. The Morgan fingerprint density at radius 3 is 2.82 bits per heavy atom. The second-order valence-electron chi connectivity index (χ2n) is 4.79. The summed E-state index contributed by atoms with van der Waals surface area (Å²) in [4.78, 5) is 11.0. The highest BCUT2D eigenvalue weighted by Crippen LogP contribution is 2.10. The van der Waals surface area contributed by atoms with E-state index in [-0.39, 0.29) is 0 Å². The molecule has 0 radical (unpaired) electrons. The molecule has 17 heavy (non-hydrogen) atoms. The van der Waals surface area contributed by atoms with Crippen LogP contribution < -0.4 is 10.2 Å². The number of hydrogen-bond acceptors (Lipinski definition) is 4. The van der Waals surface area contributed by atoms with Crippen molar-refractivity contribution in [3.05, 3.63) is 18.1 Å². The Labute approximate surface area is 104 Å². The molecule has 1 N–H and O–H groups in total. The zero-order chi connectivity index (χ0) is 12.7. The van der Waals surface area contributed by atoms with E-state index in [4.69, 9.17) is 0 Å². The summed E-state index contributed by atoms with van der Waals surface area (Å²) in [7, 11) is 4.03. The Morgan fingerprint density at radius 1 is 1.41 bits per heavy atom. The molecule has 0 bridgehead atoms. The number of nitrogens with one attached hydrogen (secondary N) is 1. The Hall–Kier alpha value is -1.16. The van der Waals surface area contributed by atoms with Crippen LogP contribution in [0.2, 0.25) is 0 Å². The number of likely N-dealkylation sites (N-methyl/N-ethyl adjacent to an activating group) is 1. The molecule has 4 heteroatoms. The maximum Gasteiger partial charge on any atom is 0.131 e. The Bertz CT molecular complexity index is 325. The molecule has 1 aromatic rings. The van der Waals surface area contributed by atoms with Gasteiger partial charge in [0.2, 0.25) is 0 Å². The van der Waals surface area contributed by atoms with Crippen LogP contribution in [0.1, 0.15) is 26.1 Å². The van der Waals surface area contributed by atoms with E-state index in [0.717, 1.165) is 37.1 Å². The number of rotatable bonds is 7. The average Bonchev–Trinajstić information content (AvgIpc) is 2.33. The molecule has 0 saturated heterocycles. The highest BCUT2D eigenvalue weighted by molar-refractivity contribution is 5.36. The van der Waals surface area contributed by atoms with Gasteiger partial charge >= 0.3 is 0 Å². The third-order valence-electron chi connectivity index (χ3n) is 2.72. The van der Waals surface area contributed by atoms with Crippen LogP contribution in [0.15, 0.2) is 12.3 Å². The Morgan fingerprint density at radius 2 is 2.18 bits per heavy atom. The van der Waals surface area contributed by atoms with Gasteiger partial charge in [-0.1, -0.05) is 13.8 Å². The van der Waals surface area contributed by atoms with Gasteiger partial charge in [-0.3, -0.25) is 0 Å². The zero-order valence-corrected chi connectivity index (χ0v) is 11.4. The summed E-state index contributed by atoms with van der Waals surface area (Å²) in [5.41, 5.74) is 0. The lowest BCUT2D eigenvalue weighted by Gasteiger charge is -2.19. The van der Waals surface area contributed by atoms with Crippen LogP contribution in [0.25, 0.3) is 0 Å². The first kappa shape index (κ1) is 13.9. The van der Waals surface area contributed by atoms with Crippen LogP contribution in [0.3, 0.4) is 0 Å². The molecule has 96 valence electrons. The first-order valence-corrected chi connectivity index (χ1v) is 6.31. The van der Waals surface area contributed by atoms with Gasteiger partial charge in [0, 0.05) is 32.8 Å². The summed E-state index contributed by atoms with van der Waals surface area (Å²) in [5, 5.41) is 3.11. The van der Waals surface area contributed by atoms with Gasteiger partial charge in [0.15, 0.2) is 0 Å². The Kier molecular flexibility index (Phi) is 5.91. The topological polar surface area (TPSA) is 41.1 Å². The van der Waals surface area contributed by atoms with Crippen LogP contribution in [-0.4, -0.2) is 37.2 Å². The second kappa shape index (κ2) is 7.22. The van der Waals surface area contributed by atoms with Gasteiger partial charge in [0.1, 0.15) is 11.6 Å². The molecule has 0 aliphatic carbocycles. The fourth-order valence-corrected chi connectivity index (χ4v) is 1.52. The van der Waals surface area contributed by atoms with Crippen molar-refractivity contribution >= 4 is 5.82 Å². The van der Waals surface area contributed by atoms with Crippen LogP contribution in [0, 0.1) is 5.92 Å². The van der Waals surface area contributed by atoms with E-state index in [2.05, 4.69) is 41.1 Å². The van der Waals surface area contributed by atoms with Crippen molar-refractivity contribution in [2.24, 2.45) is 5.92 Å². The molecule has 0 aliphatic heterocycles. The monoisotopic (exact) mass is 236 g/mol. The van der Waals surface area contributed by atoms with Crippen LogP contribution in [0.4, 0.5) is 5.82 Å². The lowest BCUT2D eigenvalue weighted by atomic mass is 10.1. The fraction of sp³-hybridized carbons (Fsp3) is 0.692. The molecule has 0 amide bonds. The summed E-state index contributed by atoms with van der Waals surface area (Å²) in [5.74, 6) is 2.66. The SMILES string of the molecule is CNCCc1nccc(N(C)CCC(C)C)n1. The van der Waals surface area contributed by atoms with E-state index >= 15 is 0 Å². The van der Waals surface area contributed by atoms with E-state index in [1.165, 1.54) is 6.42 Å². The van der Waals surface area contributed by atoms with Gasteiger partial charge in [-0.15, -0.1) is 0 Å². The lowest BCUT2D eigenvalue weighted by Crippen LogP contribution is -2.22. The van der Waals surface area contributed by atoms with Gasteiger partial charge in [-0.05, 0) is 25.5 Å². The van der Waals surface area contributed by atoms with Gasteiger partial charge in [0.05, 0.1) is 0 Å². The summed E-state index contributed by atoms with van der Waals surface area (Å²) < 4.78 is 0. The van der Waals surface area contributed by atoms with Crippen molar-refractivity contribution < 1.29 is 0 Å². The molecule has 1 aromatic heterocycles. The standard InChI is InChI=1S/C13H24N4/c1-11(2)7-10-17(4)13-6-9-15-12(16-13)5-8-14-3/h6,9,11,14H,5,7-8,10H2,1-4H3. The summed E-state index contributed by atoms with van der Waals surface area (Å²) in [6.45, 7) is 6.44. The second-order valence-corrected chi connectivity index (χ2v) is 4.79. The van der Waals surface area contributed by atoms with Crippen LogP contribution in [-0.2, 0) is 6.42 Å². The van der Waals surface area contributed by atoms with Crippen molar-refractivity contribution in [1.29, 1.82) is 0 Å². The molecule has 0 fully saturated rings. The summed E-state index contributed by atoms with van der Waals surface area (Å²) >= 11 is 0. The molecule has 0 unspecified atom stereocenters. The first-order chi connectivity index (χ1) is 8.13. The van der Waals surface area contributed by atoms with E-state index in [1.54, 1.807) is 0 Å². The van der Waals surface area contributed by atoms with Gasteiger partial charge in [-0.25, -0.2) is 9.97 Å². The number of hydrogen-bond donors (Lipinski definition) is 1.